The number of benzene rings is 1. The van der Waals surface area contributed by atoms with Crippen LogP contribution in [0.3, 0.4) is 0 Å². The molecule has 2 aromatic rings. The average molecular weight is 253 g/mol. The van der Waals surface area contributed by atoms with Crippen LogP contribution in [0, 0.1) is 11.3 Å². The molecule has 0 saturated heterocycles. The van der Waals surface area contributed by atoms with Crippen LogP contribution < -0.4 is 10.3 Å². The molecule has 2 rings (SSSR count). The van der Waals surface area contributed by atoms with Gasteiger partial charge in [-0.1, -0.05) is 12.1 Å². The summed E-state index contributed by atoms with van der Waals surface area (Å²) < 4.78 is 0. The minimum Gasteiger partial charge on any atom is -0.367 e. The normalized spacial score (nSPS) is 9.68. The molecule has 0 fully saturated rings. The molecule has 0 radical (unpaired) electrons. The van der Waals surface area contributed by atoms with Crippen molar-refractivity contribution in [2.24, 2.45) is 0 Å². The van der Waals surface area contributed by atoms with E-state index in [9.17, 15) is 9.59 Å². The molecule has 0 atom stereocenters. The van der Waals surface area contributed by atoms with Crippen LogP contribution >= 0.6 is 0 Å². The number of carbonyl (C=O) groups is 1. The summed E-state index contributed by atoms with van der Waals surface area (Å²) in [4.78, 5) is 27.8. The van der Waals surface area contributed by atoms with Gasteiger partial charge in [0.25, 0.3) is 5.91 Å². The van der Waals surface area contributed by atoms with Gasteiger partial charge in [-0.05, 0) is 12.1 Å². The van der Waals surface area contributed by atoms with Crippen molar-refractivity contribution in [1.82, 2.24) is 4.98 Å². The number of nitriles is 1. The second kappa shape index (κ2) is 5.19. The Labute approximate surface area is 109 Å². The molecule has 1 aromatic heterocycles. The van der Waals surface area contributed by atoms with E-state index in [2.05, 4.69) is 4.98 Å². The van der Waals surface area contributed by atoms with E-state index in [0.29, 0.717) is 11.3 Å². The van der Waals surface area contributed by atoms with E-state index < -0.39 is 5.91 Å². The van der Waals surface area contributed by atoms with Gasteiger partial charge >= 0.3 is 0 Å². The van der Waals surface area contributed by atoms with E-state index in [0.717, 1.165) is 0 Å². The van der Waals surface area contributed by atoms with Crippen molar-refractivity contribution in [3.8, 4) is 6.07 Å². The summed E-state index contributed by atoms with van der Waals surface area (Å²) >= 11 is 0. The highest BCUT2D eigenvalue weighted by atomic mass is 16.2. The summed E-state index contributed by atoms with van der Waals surface area (Å²) in [5.74, 6) is -0.454. The fourth-order valence-corrected chi connectivity index (χ4v) is 1.73. The Bertz CT molecular complexity index is 713. The van der Waals surface area contributed by atoms with Gasteiger partial charge in [0.15, 0.2) is 5.43 Å². The van der Waals surface area contributed by atoms with Gasteiger partial charge in [-0.3, -0.25) is 9.59 Å². The summed E-state index contributed by atoms with van der Waals surface area (Å²) in [5.41, 5.74) is 0.534. The van der Waals surface area contributed by atoms with Crippen LogP contribution in [-0.2, 0) is 0 Å². The van der Waals surface area contributed by atoms with Crippen molar-refractivity contribution < 1.29 is 4.79 Å². The van der Waals surface area contributed by atoms with Crippen molar-refractivity contribution in [3.05, 3.63) is 64.1 Å². The second-order valence-electron chi connectivity index (χ2n) is 3.92. The van der Waals surface area contributed by atoms with Crippen LogP contribution in [0.15, 0.2) is 47.5 Å². The predicted octanol–water partition coefficient (Wildman–Crippen LogP) is 1.52. The lowest BCUT2D eigenvalue weighted by atomic mass is 10.1. The number of rotatable bonds is 2. The van der Waals surface area contributed by atoms with Crippen molar-refractivity contribution in [3.63, 3.8) is 0 Å². The number of pyridine rings is 1. The van der Waals surface area contributed by atoms with E-state index in [1.54, 1.807) is 24.3 Å². The Morgan fingerprint density at radius 3 is 2.74 bits per heavy atom. The minimum absolute atomic E-state index is 0.0396. The molecule has 5 heteroatoms. The molecule has 0 unspecified atom stereocenters. The average Bonchev–Trinajstić information content (AvgIpc) is 2.46. The first-order chi connectivity index (χ1) is 9.15. The lowest BCUT2D eigenvalue weighted by Crippen LogP contribution is -2.31. The highest BCUT2D eigenvalue weighted by molar-refractivity contribution is 6.06. The first kappa shape index (κ1) is 12.6. The van der Waals surface area contributed by atoms with Crippen molar-refractivity contribution in [2.45, 2.75) is 0 Å². The van der Waals surface area contributed by atoms with Crippen molar-refractivity contribution in [2.75, 3.05) is 11.9 Å². The third-order valence-electron chi connectivity index (χ3n) is 2.74. The van der Waals surface area contributed by atoms with Crippen LogP contribution in [0.2, 0.25) is 0 Å². The lowest BCUT2D eigenvalue weighted by Gasteiger charge is -2.18. The number of carbonyl (C=O) groups excluding carboxylic acids is 1. The van der Waals surface area contributed by atoms with Gasteiger partial charge < -0.3 is 9.88 Å². The summed E-state index contributed by atoms with van der Waals surface area (Å²) in [5, 5.41) is 9.02. The van der Waals surface area contributed by atoms with Crippen LogP contribution in [0.25, 0.3) is 0 Å². The summed E-state index contributed by atoms with van der Waals surface area (Å²) in [6.45, 7) is 0. The Morgan fingerprint density at radius 1 is 1.32 bits per heavy atom. The van der Waals surface area contributed by atoms with Gasteiger partial charge in [0.05, 0.1) is 11.3 Å². The number of hydrogen-bond donors (Lipinski definition) is 1. The Kier molecular flexibility index (Phi) is 3.44. The molecule has 19 heavy (non-hydrogen) atoms. The molecule has 0 aliphatic carbocycles. The molecular formula is C14H11N3O2. The number of aromatic nitrogens is 1. The fourth-order valence-electron chi connectivity index (χ4n) is 1.73. The molecule has 0 bridgehead atoms. The van der Waals surface area contributed by atoms with Gasteiger partial charge in [0.2, 0.25) is 0 Å². The second-order valence-corrected chi connectivity index (χ2v) is 3.92. The number of nitrogens with one attached hydrogen (secondary N) is 1. The predicted molar refractivity (Wildman–Crippen MR) is 71.0 cm³/mol. The quantitative estimate of drug-likeness (QED) is 0.881. The standard InChI is InChI=1S/C14H11N3O2/c1-17(12-5-3-2-4-10(12)8-15)14(19)11-9-16-7-6-13(11)18/h2-7,9H,1H3,(H,16,18). The Balaban J connectivity index is 2.43. The van der Waals surface area contributed by atoms with E-state index >= 15 is 0 Å². The van der Waals surface area contributed by atoms with Crippen LogP contribution in [-0.4, -0.2) is 17.9 Å². The number of hydrogen-bond acceptors (Lipinski definition) is 3. The monoisotopic (exact) mass is 253 g/mol. The lowest BCUT2D eigenvalue weighted by molar-refractivity contribution is 0.0991. The molecule has 0 aliphatic heterocycles. The van der Waals surface area contributed by atoms with Gasteiger partial charge in [-0.2, -0.15) is 5.26 Å². The van der Waals surface area contributed by atoms with Crippen LogP contribution in [0.1, 0.15) is 15.9 Å². The molecule has 1 heterocycles. The number of para-hydroxylation sites is 1. The molecule has 1 N–H and O–H groups in total. The summed E-state index contributed by atoms with van der Waals surface area (Å²) in [6, 6.07) is 10.0. The molecule has 94 valence electrons. The van der Waals surface area contributed by atoms with Gasteiger partial charge in [-0.15, -0.1) is 0 Å². The molecule has 0 spiro atoms. The summed E-state index contributed by atoms with van der Waals surface area (Å²) in [7, 11) is 1.53. The smallest absolute Gasteiger partial charge is 0.263 e. The minimum atomic E-state index is -0.454. The SMILES string of the molecule is CN(C(=O)c1c[nH]ccc1=O)c1ccccc1C#N. The highest BCUT2D eigenvalue weighted by Crippen LogP contribution is 2.19. The van der Waals surface area contributed by atoms with Crippen LogP contribution in [0.5, 0.6) is 0 Å². The molecular weight excluding hydrogens is 242 g/mol. The highest BCUT2D eigenvalue weighted by Gasteiger charge is 2.18. The zero-order valence-corrected chi connectivity index (χ0v) is 10.3. The molecule has 0 aliphatic rings. The first-order valence-corrected chi connectivity index (χ1v) is 5.59. The third-order valence-corrected chi connectivity index (χ3v) is 2.74. The maximum absolute atomic E-state index is 12.2. The number of nitrogens with zero attached hydrogens (tertiary/aromatic N) is 2. The van der Waals surface area contributed by atoms with Crippen molar-refractivity contribution >= 4 is 11.6 Å². The van der Waals surface area contributed by atoms with E-state index in [1.807, 2.05) is 6.07 Å². The van der Waals surface area contributed by atoms with E-state index in [-0.39, 0.29) is 11.0 Å². The number of amides is 1. The van der Waals surface area contributed by atoms with Gasteiger partial charge in [-0.25, -0.2) is 0 Å². The van der Waals surface area contributed by atoms with E-state index in [4.69, 9.17) is 5.26 Å². The molecule has 1 aromatic carbocycles. The maximum atomic E-state index is 12.2. The van der Waals surface area contributed by atoms with Gasteiger partial charge in [0.1, 0.15) is 11.6 Å². The number of anilines is 1. The Hall–Kier alpha value is -2.87. The van der Waals surface area contributed by atoms with Crippen LogP contribution in [0.4, 0.5) is 5.69 Å². The third kappa shape index (κ3) is 2.38. The van der Waals surface area contributed by atoms with Crippen molar-refractivity contribution in [1.29, 1.82) is 5.26 Å². The first-order valence-electron chi connectivity index (χ1n) is 5.59. The largest absolute Gasteiger partial charge is 0.367 e. The molecule has 0 saturated carbocycles. The fraction of sp³-hybridized carbons (Fsp3) is 0.0714. The number of H-pyrrole nitrogens is 1. The maximum Gasteiger partial charge on any atom is 0.263 e. The zero-order valence-electron chi connectivity index (χ0n) is 10.3. The van der Waals surface area contributed by atoms with E-state index in [1.165, 1.54) is 30.4 Å². The molecule has 1 amide bonds. The zero-order chi connectivity index (χ0) is 13.8. The Morgan fingerprint density at radius 2 is 2.05 bits per heavy atom. The molecule has 5 nitrogen and oxygen atoms in total. The number of aromatic amines is 1. The summed E-state index contributed by atoms with van der Waals surface area (Å²) in [6.07, 6.45) is 2.82. The topological polar surface area (TPSA) is 77.0 Å². The van der Waals surface area contributed by atoms with Gasteiger partial charge in [0, 0.05) is 25.5 Å².